The second-order valence-corrected chi connectivity index (χ2v) is 7.95. The number of benzene rings is 1. The van der Waals surface area contributed by atoms with Gasteiger partial charge in [-0.05, 0) is 68.2 Å². The van der Waals surface area contributed by atoms with Crippen LogP contribution in [-0.2, 0) is 22.9 Å². The number of nitrogens with one attached hydrogen (secondary N) is 1. The number of halogens is 1. The quantitative estimate of drug-likeness (QED) is 0.888. The van der Waals surface area contributed by atoms with E-state index in [1.165, 1.54) is 17.5 Å². The number of hydrogen-bond acceptors (Lipinski definition) is 3. The van der Waals surface area contributed by atoms with E-state index in [2.05, 4.69) is 4.72 Å². The summed E-state index contributed by atoms with van der Waals surface area (Å²) in [6.07, 6.45) is 7.30. The SMILES string of the molecule is Cl.NC1(CNS(=O)(=O)c2ccc3c(c2)CCCC3)CCC1. The first kappa shape index (κ1) is 16.7. The highest BCUT2D eigenvalue weighted by Gasteiger charge is 2.33. The van der Waals surface area contributed by atoms with Crippen molar-refractivity contribution in [2.75, 3.05) is 6.54 Å². The van der Waals surface area contributed by atoms with Gasteiger partial charge in [-0.2, -0.15) is 0 Å². The summed E-state index contributed by atoms with van der Waals surface area (Å²) in [5, 5.41) is 0. The molecule has 0 aliphatic heterocycles. The molecule has 6 heteroatoms. The molecule has 1 aromatic rings. The standard InChI is InChI=1S/C15H22N2O2S.ClH/c16-15(8-3-9-15)11-17-20(18,19)14-7-6-12-4-1-2-5-13(12)10-14;/h6-7,10,17H,1-5,8-9,11,16H2;1H. The minimum atomic E-state index is -3.43. The number of rotatable bonds is 4. The number of hydrogen-bond donors (Lipinski definition) is 2. The average molecular weight is 331 g/mol. The molecule has 0 radical (unpaired) electrons. The van der Waals surface area contributed by atoms with Gasteiger partial charge in [-0.15, -0.1) is 12.4 Å². The maximum absolute atomic E-state index is 12.3. The molecule has 3 N–H and O–H groups in total. The van der Waals surface area contributed by atoms with E-state index >= 15 is 0 Å². The van der Waals surface area contributed by atoms with Gasteiger partial charge in [0.25, 0.3) is 0 Å². The van der Waals surface area contributed by atoms with Crippen LogP contribution in [-0.4, -0.2) is 20.5 Å². The number of sulfonamides is 1. The predicted octanol–water partition coefficient (Wildman–Crippen LogP) is 2.15. The summed E-state index contributed by atoms with van der Waals surface area (Å²) in [5.74, 6) is 0. The molecule has 1 fully saturated rings. The molecule has 3 rings (SSSR count). The van der Waals surface area contributed by atoms with Crippen LogP contribution in [0, 0.1) is 0 Å². The van der Waals surface area contributed by atoms with Gasteiger partial charge in [-0.3, -0.25) is 0 Å². The third kappa shape index (κ3) is 3.59. The van der Waals surface area contributed by atoms with Gasteiger partial charge in [0.15, 0.2) is 0 Å². The van der Waals surface area contributed by atoms with E-state index in [-0.39, 0.29) is 17.9 Å². The van der Waals surface area contributed by atoms with E-state index < -0.39 is 10.0 Å². The molecule has 1 saturated carbocycles. The minimum absolute atomic E-state index is 0. The zero-order valence-corrected chi connectivity index (χ0v) is 13.7. The van der Waals surface area contributed by atoms with Crippen molar-refractivity contribution in [2.24, 2.45) is 5.73 Å². The molecule has 4 nitrogen and oxygen atoms in total. The summed E-state index contributed by atoms with van der Waals surface area (Å²) < 4.78 is 27.3. The lowest BCUT2D eigenvalue weighted by Crippen LogP contribution is -2.54. The number of nitrogens with two attached hydrogens (primary N) is 1. The molecular formula is C15H23ClN2O2S. The van der Waals surface area contributed by atoms with E-state index in [1.807, 2.05) is 12.1 Å². The molecule has 0 saturated heterocycles. The summed E-state index contributed by atoms with van der Waals surface area (Å²) in [6.45, 7) is 0.340. The van der Waals surface area contributed by atoms with Gasteiger partial charge < -0.3 is 5.73 Å². The maximum atomic E-state index is 12.3. The lowest BCUT2D eigenvalue weighted by atomic mass is 9.78. The van der Waals surface area contributed by atoms with Crippen LogP contribution in [0.3, 0.4) is 0 Å². The normalized spacial score (nSPS) is 20.0. The van der Waals surface area contributed by atoms with Crippen LogP contribution in [0.25, 0.3) is 0 Å². The van der Waals surface area contributed by atoms with Gasteiger partial charge in [0.1, 0.15) is 0 Å². The number of fused-ring (bicyclic) bond motifs is 1. The fourth-order valence-electron chi connectivity index (χ4n) is 3.01. The summed E-state index contributed by atoms with van der Waals surface area (Å²) >= 11 is 0. The highest BCUT2D eigenvalue weighted by Crippen LogP contribution is 2.29. The van der Waals surface area contributed by atoms with Crippen LogP contribution < -0.4 is 10.5 Å². The Kier molecular flexibility index (Phi) is 4.98. The molecule has 0 atom stereocenters. The van der Waals surface area contributed by atoms with Gasteiger partial charge >= 0.3 is 0 Å². The monoisotopic (exact) mass is 330 g/mol. The Morgan fingerprint density at radius 1 is 1.10 bits per heavy atom. The Morgan fingerprint density at radius 2 is 1.76 bits per heavy atom. The first-order valence-electron chi connectivity index (χ1n) is 7.39. The minimum Gasteiger partial charge on any atom is -0.324 e. The van der Waals surface area contributed by atoms with Crippen molar-refractivity contribution in [3.63, 3.8) is 0 Å². The molecule has 0 heterocycles. The lowest BCUT2D eigenvalue weighted by Gasteiger charge is -2.38. The zero-order valence-electron chi connectivity index (χ0n) is 12.1. The lowest BCUT2D eigenvalue weighted by molar-refractivity contribution is 0.251. The molecule has 0 bridgehead atoms. The smallest absolute Gasteiger partial charge is 0.240 e. The van der Waals surface area contributed by atoms with E-state index in [0.29, 0.717) is 11.4 Å². The highest BCUT2D eigenvalue weighted by atomic mass is 35.5. The summed E-state index contributed by atoms with van der Waals surface area (Å²) in [5.41, 5.74) is 8.22. The second kappa shape index (κ2) is 6.24. The maximum Gasteiger partial charge on any atom is 0.240 e. The van der Waals surface area contributed by atoms with Gasteiger partial charge in [-0.1, -0.05) is 6.07 Å². The molecule has 1 aromatic carbocycles. The topological polar surface area (TPSA) is 72.2 Å². The van der Waals surface area contributed by atoms with Crippen LogP contribution in [0.4, 0.5) is 0 Å². The molecule has 0 unspecified atom stereocenters. The predicted molar refractivity (Wildman–Crippen MR) is 86.3 cm³/mol. The van der Waals surface area contributed by atoms with E-state index in [1.54, 1.807) is 6.07 Å². The molecular weight excluding hydrogens is 308 g/mol. The van der Waals surface area contributed by atoms with Crippen molar-refractivity contribution in [2.45, 2.75) is 55.4 Å². The fourth-order valence-corrected chi connectivity index (χ4v) is 4.20. The van der Waals surface area contributed by atoms with Crippen LogP contribution in [0.5, 0.6) is 0 Å². The van der Waals surface area contributed by atoms with E-state index in [9.17, 15) is 8.42 Å². The average Bonchev–Trinajstić information content (AvgIpc) is 2.42. The Labute approximate surface area is 133 Å². The van der Waals surface area contributed by atoms with Gasteiger partial charge in [-0.25, -0.2) is 13.1 Å². The van der Waals surface area contributed by atoms with Crippen molar-refractivity contribution in [1.29, 1.82) is 0 Å². The van der Waals surface area contributed by atoms with Crippen LogP contribution in [0.2, 0.25) is 0 Å². The van der Waals surface area contributed by atoms with Gasteiger partial charge in [0.2, 0.25) is 10.0 Å². The molecule has 2 aliphatic rings. The Hall–Kier alpha value is -0.620. The second-order valence-electron chi connectivity index (χ2n) is 6.18. The molecule has 0 spiro atoms. The Balaban J connectivity index is 0.00000161. The molecule has 2 aliphatic carbocycles. The van der Waals surface area contributed by atoms with Crippen molar-refractivity contribution >= 4 is 22.4 Å². The van der Waals surface area contributed by atoms with Crippen molar-refractivity contribution in [1.82, 2.24) is 4.72 Å². The first-order valence-corrected chi connectivity index (χ1v) is 8.87. The molecule has 118 valence electrons. The molecule has 21 heavy (non-hydrogen) atoms. The van der Waals surface area contributed by atoms with Gasteiger partial charge in [0.05, 0.1) is 4.90 Å². The fraction of sp³-hybridized carbons (Fsp3) is 0.600. The van der Waals surface area contributed by atoms with Crippen molar-refractivity contribution in [3.8, 4) is 0 Å². The largest absolute Gasteiger partial charge is 0.324 e. The summed E-state index contributed by atoms with van der Waals surface area (Å²) in [6, 6.07) is 5.52. The Bertz CT molecular complexity index is 612. The van der Waals surface area contributed by atoms with Crippen LogP contribution >= 0.6 is 12.4 Å². The highest BCUT2D eigenvalue weighted by molar-refractivity contribution is 7.89. The van der Waals surface area contributed by atoms with Crippen molar-refractivity contribution < 1.29 is 8.42 Å². The Morgan fingerprint density at radius 3 is 2.38 bits per heavy atom. The third-order valence-electron chi connectivity index (χ3n) is 4.59. The molecule has 0 amide bonds. The third-order valence-corrected chi connectivity index (χ3v) is 5.99. The summed E-state index contributed by atoms with van der Waals surface area (Å²) in [7, 11) is -3.43. The first-order chi connectivity index (χ1) is 9.49. The van der Waals surface area contributed by atoms with Crippen LogP contribution in [0.15, 0.2) is 23.1 Å². The van der Waals surface area contributed by atoms with E-state index in [0.717, 1.165) is 38.5 Å². The number of aryl methyl sites for hydroxylation is 2. The zero-order chi connectivity index (χ0) is 14.2. The van der Waals surface area contributed by atoms with Gasteiger partial charge in [0, 0.05) is 12.1 Å². The van der Waals surface area contributed by atoms with Crippen molar-refractivity contribution in [3.05, 3.63) is 29.3 Å². The van der Waals surface area contributed by atoms with Crippen LogP contribution in [0.1, 0.15) is 43.2 Å². The molecule has 0 aromatic heterocycles. The summed E-state index contributed by atoms with van der Waals surface area (Å²) in [4.78, 5) is 0.376. The van der Waals surface area contributed by atoms with E-state index in [4.69, 9.17) is 5.73 Å².